The third-order valence-electron chi connectivity index (χ3n) is 4.46. The standard InChI is InChI=1S/C23H19NO2/c25-23(20-15-19-13-7-8-14-21(19)26-16-20)24-22(17-9-3-1-4-10-17)18-11-5-2-6-12-18/h1-15,22H,16H2,(H,24,25). The topological polar surface area (TPSA) is 38.3 Å². The molecule has 1 N–H and O–H groups in total. The molecule has 1 heterocycles. The lowest BCUT2D eigenvalue weighted by atomic mass is 9.98. The molecular formula is C23H19NO2. The van der Waals surface area contributed by atoms with Gasteiger partial charge in [-0.25, -0.2) is 0 Å². The lowest BCUT2D eigenvalue weighted by Crippen LogP contribution is -2.32. The van der Waals surface area contributed by atoms with Gasteiger partial charge < -0.3 is 10.1 Å². The second kappa shape index (κ2) is 7.28. The Labute approximate surface area is 152 Å². The summed E-state index contributed by atoms with van der Waals surface area (Å²) in [5, 5.41) is 3.16. The molecular weight excluding hydrogens is 322 g/mol. The molecule has 4 rings (SSSR count). The number of hydrogen-bond acceptors (Lipinski definition) is 2. The van der Waals surface area contributed by atoms with Crippen LogP contribution in [0.4, 0.5) is 0 Å². The van der Waals surface area contributed by atoms with Crippen molar-refractivity contribution in [1.29, 1.82) is 0 Å². The summed E-state index contributed by atoms with van der Waals surface area (Å²) in [6, 6.07) is 27.5. The lowest BCUT2D eigenvalue weighted by Gasteiger charge is -2.22. The van der Waals surface area contributed by atoms with Gasteiger partial charge in [-0.1, -0.05) is 78.9 Å². The third kappa shape index (κ3) is 3.38. The van der Waals surface area contributed by atoms with Crippen molar-refractivity contribution in [3.63, 3.8) is 0 Å². The fourth-order valence-electron chi connectivity index (χ4n) is 3.12. The molecule has 0 aromatic heterocycles. The number of carbonyl (C=O) groups excluding carboxylic acids is 1. The molecule has 0 saturated heterocycles. The number of benzene rings is 3. The average Bonchev–Trinajstić information content (AvgIpc) is 2.72. The molecule has 0 fully saturated rings. The largest absolute Gasteiger partial charge is 0.488 e. The van der Waals surface area contributed by atoms with E-state index in [1.165, 1.54) is 0 Å². The predicted molar refractivity (Wildman–Crippen MR) is 103 cm³/mol. The number of amides is 1. The van der Waals surface area contributed by atoms with Gasteiger partial charge >= 0.3 is 0 Å². The molecule has 0 radical (unpaired) electrons. The highest BCUT2D eigenvalue weighted by molar-refractivity contribution is 5.99. The van der Waals surface area contributed by atoms with E-state index in [4.69, 9.17) is 4.74 Å². The molecule has 1 amide bonds. The van der Waals surface area contributed by atoms with Crippen molar-refractivity contribution in [1.82, 2.24) is 5.32 Å². The Morgan fingerprint density at radius 2 is 1.38 bits per heavy atom. The molecule has 128 valence electrons. The minimum Gasteiger partial charge on any atom is -0.488 e. The number of nitrogens with one attached hydrogen (secondary N) is 1. The second-order valence-corrected chi connectivity index (χ2v) is 6.22. The third-order valence-corrected chi connectivity index (χ3v) is 4.46. The zero-order valence-electron chi connectivity index (χ0n) is 14.3. The molecule has 0 aliphatic carbocycles. The van der Waals surface area contributed by atoms with E-state index < -0.39 is 0 Å². The summed E-state index contributed by atoms with van der Waals surface area (Å²) < 4.78 is 5.72. The maximum atomic E-state index is 12.9. The predicted octanol–water partition coefficient (Wildman–Crippen LogP) is 4.37. The number of carbonyl (C=O) groups is 1. The first-order valence-corrected chi connectivity index (χ1v) is 8.64. The van der Waals surface area contributed by atoms with Crippen LogP contribution in [0.15, 0.2) is 90.5 Å². The minimum absolute atomic E-state index is 0.114. The molecule has 26 heavy (non-hydrogen) atoms. The van der Waals surface area contributed by atoms with Crippen LogP contribution in [0.25, 0.3) is 6.08 Å². The molecule has 0 bridgehead atoms. The fourth-order valence-corrected chi connectivity index (χ4v) is 3.12. The number of ether oxygens (including phenoxy) is 1. The summed E-state index contributed by atoms with van der Waals surface area (Å²) >= 11 is 0. The monoisotopic (exact) mass is 341 g/mol. The molecule has 0 unspecified atom stereocenters. The van der Waals surface area contributed by atoms with Gasteiger partial charge in [0.15, 0.2) is 0 Å². The minimum atomic E-state index is -0.206. The summed E-state index contributed by atoms with van der Waals surface area (Å²) in [4.78, 5) is 12.9. The lowest BCUT2D eigenvalue weighted by molar-refractivity contribution is -0.118. The highest BCUT2D eigenvalue weighted by Crippen LogP contribution is 2.27. The molecule has 0 saturated carbocycles. The molecule has 3 heteroatoms. The van der Waals surface area contributed by atoms with Gasteiger partial charge in [-0.15, -0.1) is 0 Å². The van der Waals surface area contributed by atoms with Gasteiger partial charge in [-0.3, -0.25) is 4.79 Å². The van der Waals surface area contributed by atoms with Gasteiger partial charge in [-0.2, -0.15) is 0 Å². The molecule has 1 aliphatic heterocycles. The van der Waals surface area contributed by atoms with Gasteiger partial charge in [0.05, 0.1) is 11.6 Å². The zero-order chi connectivity index (χ0) is 17.8. The van der Waals surface area contributed by atoms with Crippen molar-refractivity contribution in [3.8, 4) is 5.75 Å². The van der Waals surface area contributed by atoms with E-state index in [2.05, 4.69) is 5.32 Å². The van der Waals surface area contributed by atoms with E-state index in [1.807, 2.05) is 91.0 Å². The van der Waals surface area contributed by atoms with Gasteiger partial charge in [0.2, 0.25) is 0 Å². The Morgan fingerprint density at radius 1 is 0.808 bits per heavy atom. The van der Waals surface area contributed by atoms with Crippen molar-refractivity contribution in [2.24, 2.45) is 0 Å². The Kier molecular flexibility index (Phi) is 4.52. The SMILES string of the molecule is O=C(NC(c1ccccc1)c1ccccc1)C1=Cc2ccccc2OC1. The second-order valence-electron chi connectivity index (χ2n) is 6.22. The van der Waals surface area contributed by atoms with Gasteiger partial charge in [0.1, 0.15) is 12.4 Å². The van der Waals surface area contributed by atoms with Gasteiger partial charge in [-0.05, 0) is 23.3 Å². The van der Waals surface area contributed by atoms with E-state index in [-0.39, 0.29) is 18.6 Å². The van der Waals surface area contributed by atoms with E-state index in [9.17, 15) is 4.79 Å². The zero-order valence-corrected chi connectivity index (χ0v) is 14.3. The Morgan fingerprint density at radius 3 is 2.04 bits per heavy atom. The number of fused-ring (bicyclic) bond motifs is 1. The van der Waals surface area contributed by atoms with Crippen LogP contribution >= 0.6 is 0 Å². The maximum Gasteiger partial charge on any atom is 0.251 e. The average molecular weight is 341 g/mol. The first kappa shape index (κ1) is 16.2. The summed E-state index contributed by atoms with van der Waals surface area (Å²) in [5.74, 6) is 0.698. The molecule has 3 aromatic carbocycles. The van der Waals surface area contributed by atoms with Gasteiger partial charge in [0.25, 0.3) is 5.91 Å². The van der Waals surface area contributed by atoms with Crippen molar-refractivity contribution < 1.29 is 9.53 Å². The molecule has 0 atom stereocenters. The van der Waals surface area contributed by atoms with Crippen molar-refractivity contribution >= 4 is 12.0 Å². The Hall–Kier alpha value is -3.33. The molecule has 3 aromatic rings. The number of para-hydroxylation sites is 1. The van der Waals surface area contributed by atoms with Crippen LogP contribution in [0.2, 0.25) is 0 Å². The number of rotatable bonds is 4. The van der Waals surface area contributed by atoms with E-state index >= 15 is 0 Å². The van der Waals surface area contributed by atoms with Crippen LogP contribution < -0.4 is 10.1 Å². The number of hydrogen-bond donors (Lipinski definition) is 1. The highest BCUT2D eigenvalue weighted by atomic mass is 16.5. The van der Waals surface area contributed by atoms with Crippen molar-refractivity contribution in [2.75, 3.05) is 6.61 Å². The highest BCUT2D eigenvalue weighted by Gasteiger charge is 2.21. The summed E-state index contributed by atoms with van der Waals surface area (Å²) in [7, 11) is 0. The van der Waals surface area contributed by atoms with E-state index in [0.29, 0.717) is 5.57 Å². The quantitative estimate of drug-likeness (QED) is 0.765. The van der Waals surface area contributed by atoms with Crippen LogP contribution in [-0.4, -0.2) is 12.5 Å². The smallest absolute Gasteiger partial charge is 0.251 e. The van der Waals surface area contributed by atoms with E-state index in [0.717, 1.165) is 22.4 Å². The van der Waals surface area contributed by atoms with Crippen LogP contribution in [0.5, 0.6) is 5.75 Å². The summed E-state index contributed by atoms with van der Waals surface area (Å²) in [6.07, 6.45) is 1.90. The fraction of sp³-hybridized carbons (Fsp3) is 0.0870. The molecule has 3 nitrogen and oxygen atoms in total. The van der Waals surface area contributed by atoms with Crippen molar-refractivity contribution in [3.05, 3.63) is 107 Å². The van der Waals surface area contributed by atoms with Crippen molar-refractivity contribution in [2.45, 2.75) is 6.04 Å². The Balaban J connectivity index is 1.62. The summed E-state index contributed by atoms with van der Waals surface area (Å²) in [6.45, 7) is 0.277. The molecule has 1 aliphatic rings. The maximum absolute atomic E-state index is 12.9. The van der Waals surface area contributed by atoms with Crippen LogP contribution in [0, 0.1) is 0 Å². The Bertz CT molecular complexity index is 893. The van der Waals surface area contributed by atoms with Crippen LogP contribution in [0.1, 0.15) is 22.7 Å². The van der Waals surface area contributed by atoms with Gasteiger partial charge in [0, 0.05) is 5.56 Å². The van der Waals surface area contributed by atoms with Crippen LogP contribution in [0.3, 0.4) is 0 Å². The molecule has 0 spiro atoms. The first-order chi connectivity index (χ1) is 12.8. The first-order valence-electron chi connectivity index (χ1n) is 8.64. The van der Waals surface area contributed by atoms with Crippen LogP contribution in [-0.2, 0) is 4.79 Å². The van der Waals surface area contributed by atoms with E-state index in [1.54, 1.807) is 0 Å². The normalized spacial score (nSPS) is 12.7. The summed E-state index contributed by atoms with van der Waals surface area (Å²) in [5.41, 5.74) is 3.65.